The molecule has 0 spiro atoms. The van der Waals surface area contributed by atoms with Crippen LogP contribution in [0.3, 0.4) is 0 Å². The fourth-order valence-electron chi connectivity index (χ4n) is 0.679. The average molecular weight is 141 g/mol. The van der Waals surface area contributed by atoms with Crippen molar-refractivity contribution < 1.29 is 4.79 Å². The van der Waals surface area contributed by atoms with E-state index in [2.05, 4.69) is 0 Å². The average Bonchev–Trinajstić information content (AvgIpc) is 1.58. The highest BCUT2D eigenvalue weighted by Crippen LogP contribution is 1.89. The maximum absolute atomic E-state index is 10.9. The SMILES string of the molecule is CC(C)=CC(=O)CN(C)C. The van der Waals surface area contributed by atoms with Crippen LogP contribution in [0.4, 0.5) is 0 Å². The molecule has 0 amide bonds. The maximum Gasteiger partial charge on any atom is 0.169 e. The predicted octanol–water partition coefficient (Wildman–Crippen LogP) is 1.08. The fraction of sp³-hybridized carbons (Fsp3) is 0.625. The van der Waals surface area contributed by atoms with Crippen LogP contribution in [0.15, 0.2) is 11.6 Å². The quantitative estimate of drug-likeness (QED) is 0.548. The third-order valence-electron chi connectivity index (χ3n) is 0.922. The predicted molar refractivity (Wildman–Crippen MR) is 43.0 cm³/mol. The number of hydrogen-bond donors (Lipinski definition) is 0. The van der Waals surface area contributed by atoms with Gasteiger partial charge in [-0.1, -0.05) is 5.57 Å². The van der Waals surface area contributed by atoms with Crippen LogP contribution < -0.4 is 0 Å². The van der Waals surface area contributed by atoms with Gasteiger partial charge in [-0.3, -0.25) is 4.79 Å². The second kappa shape index (κ2) is 4.23. The summed E-state index contributed by atoms with van der Waals surface area (Å²) in [6.45, 7) is 4.35. The topological polar surface area (TPSA) is 20.3 Å². The van der Waals surface area contributed by atoms with E-state index in [-0.39, 0.29) is 5.78 Å². The summed E-state index contributed by atoms with van der Waals surface area (Å²) in [5.41, 5.74) is 1.06. The zero-order valence-electron chi connectivity index (χ0n) is 7.14. The van der Waals surface area contributed by atoms with E-state index >= 15 is 0 Å². The number of nitrogens with zero attached hydrogens (tertiary/aromatic N) is 1. The molecule has 0 fully saturated rings. The summed E-state index contributed by atoms with van der Waals surface area (Å²) in [4.78, 5) is 12.8. The Hall–Kier alpha value is -0.630. The van der Waals surface area contributed by atoms with Gasteiger partial charge in [-0.15, -0.1) is 0 Å². The second-order valence-electron chi connectivity index (χ2n) is 2.93. The fourth-order valence-corrected chi connectivity index (χ4v) is 0.679. The highest BCUT2D eigenvalue weighted by atomic mass is 16.1. The highest BCUT2D eigenvalue weighted by molar-refractivity contribution is 5.91. The van der Waals surface area contributed by atoms with Gasteiger partial charge < -0.3 is 4.90 Å². The van der Waals surface area contributed by atoms with E-state index in [4.69, 9.17) is 0 Å². The molecule has 0 aromatic carbocycles. The van der Waals surface area contributed by atoms with Crippen molar-refractivity contribution in [3.05, 3.63) is 11.6 Å². The summed E-state index contributed by atoms with van der Waals surface area (Å²) in [5.74, 6) is 0.171. The van der Waals surface area contributed by atoms with E-state index in [1.165, 1.54) is 0 Å². The van der Waals surface area contributed by atoms with Crippen molar-refractivity contribution in [2.45, 2.75) is 13.8 Å². The summed E-state index contributed by atoms with van der Waals surface area (Å²) in [5, 5.41) is 0. The minimum absolute atomic E-state index is 0.171. The number of allylic oxidation sites excluding steroid dienone is 1. The van der Waals surface area contributed by atoms with E-state index in [1.807, 2.05) is 32.8 Å². The Morgan fingerprint density at radius 1 is 1.40 bits per heavy atom. The molecule has 0 aromatic rings. The molecule has 0 aromatic heterocycles. The molecular formula is C8H15NO. The summed E-state index contributed by atoms with van der Waals surface area (Å²) in [6.07, 6.45) is 1.67. The molecule has 0 aliphatic carbocycles. The Bertz CT molecular complexity index is 143. The van der Waals surface area contributed by atoms with E-state index in [0.717, 1.165) is 5.57 Å². The molecule has 0 bridgehead atoms. The molecule has 10 heavy (non-hydrogen) atoms. The van der Waals surface area contributed by atoms with Crippen LogP contribution in [0.5, 0.6) is 0 Å². The molecule has 0 atom stereocenters. The molecule has 0 saturated carbocycles. The lowest BCUT2D eigenvalue weighted by atomic mass is 10.2. The van der Waals surface area contributed by atoms with Gasteiger partial charge in [0.2, 0.25) is 0 Å². The van der Waals surface area contributed by atoms with Crippen molar-refractivity contribution in [1.29, 1.82) is 0 Å². The molecule has 0 N–H and O–H groups in total. The number of likely N-dealkylation sites (N-methyl/N-ethyl adjacent to an activating group) is 1. The standard InChI is InChI=1S/C8H15NO/c1-7(2)5-8(10)6-9(3)4/h5H,6H2,1-4H3. The Labute approximate surface area is 62.5 Å². The van der Waals surface area contributed by atoms with Gasteiger partial charge in [0.25, 0.3) is 0 Å². The molecule has 0 saturated heterocycles. The first kappa shape index (κ1) is 9.37. The minimum atomic E-state index is 0.171. The summed E-state index contributed by atoms with van der Waals surface area (Å²) in [7, 11) is 3.77. The molecule has 0 aliphatic rings. The third-order valence-corrected chi connectivity index (χ3v) is 0.922. The van der Waals surface area contributed by atoms with Gasteiger partial charge in [0.05, 0.1) is 6.54 Å². The van der Waals surface area contributed by atoms with Crippen LogP contribution in [0.2, 0.25) is 0 Å². The van der Waals surface area contributed by atoms with Gasteiger partial charge >= 0.3 is 0 Å². The molecule has 0 heterocycles. The molecule has 0 rings (SSSR count). The molecule has 0 unspecified atom stereocenters. The van der Waals surface area contributed by atoms with Crippen LogP contribution in [0.1, 0.15) is 13.8 Å². The summed E-state index contributed by atoms with van der Waals surface area (Å²) < 4.78 is 0. The van der Waals surface area contributed by atoms with Gasteiger partial charge in [-0.25, -0.2) is 0 Å². The first-order chi connectivity index (χ1) is 4.52. The van der Waals surface area contributed by atoms with Crippen molar-refractivity contribution in [1.82, 2.24) is 4.90 Å². The van der Waals surface area contributed by atoms with Crippen molar-refractivity contribution in [2.75, 3.05) is 20.6 Å². The zero-order valence-corrected chi connectivity index (χ0v) is 7.14. The lowest BCUT2D eigenvalue weighted by molar-refractivity contribution is -0.115. The largest absolute Gasteiger partial charge is 0.302 e. The van der Waals surface area contributed by atoms with Crippen LogP contribution in [-0.2, 0) is 4.79 Å². The van der Waals surface area contributed by atoms with Gasteiger partial charge in [0, 0.05) is 0 Å². The number of carbonyl (C=O) groups excluding carboxylic acids is 1. The monoisotopic (exact) mass is 141 g/mol. The smallest absolute Gasteiger partial charge is 0.169 e. The Morgan fingerprint density at radius 2 is 1.90 bits per heavy atom. The highest BCUT2D eigenvalue weighted by Gasteiger charge is 1.97. The Balaban J connectivity index is 3.76. The van der Waals surface area contributed by atoms with Crippen molar-refractivity contribution in [2.24, 2.45) is 0 Å². The van der Waals surface area contributed by atoms with E-state index < -0.39 is 0 Å². The number of rotatable bonds is 3. The van der Waals surface area contributed by atoms with E-state index in [9.17, 15) is 4.79 Å². The first-order valence-corrected chi connectivity index (χ1v) is 3.35. The second-order valence-corrected chi connectivity index (χ2v) is 2.93. The van der Waals surface area contributed by atoms with Gasteiger partial charge in [-0.2, -0.15) is 0 Å². The minimum Gasteiger partial charge on any atom is -0.302 e. The van der Waals surface area contributed by atoms with Crippen molar-refractivity contribution >= 4 is 5.78 Å². The summed E-state index contributed by atoms with van der Waals surface area (Å²) in [6, 6.07) is 0. The normalized spacial score (nSPS) is 9.70. The molecule has 2 nitrogen and oxygen atoms in total. The third kappa shape index (κ3) is 5.51. The Morgan fingerprint density at radius 3 is 2.20 bits per heavy atom. The first-order valence-electron chi connectivity index (χ1n) is 3.35. The van der Waals surface area contributed by atoms with Gasteiger partial charge in [0.1, 0.15) is 0 Å². The summed E-state index contributed by atoms with van der Waals surface area (Å²) >= 11 is 0. The zero-order chi connectivity index (χ0) is 8.15. The van der Waals surface area contributed by atoms with E-state index in [0.29, 0.717) is 6.54 Å². The van der Waals surface area contributed by atoms with Gasteiger partial charge in [-0.05, 0) is 34.0 Å². The van der Waals surface area contributed by atoms with Crippen LogP contribution in [-0.4, -0.2) is 31.3 Å². The van der Waals surface area contributed by atoms with Crippen molar-refractivity contribution in [3.63, 3.8) is 0 Å². The number of carbonyl (C=O) groups is 1. The lowest BCUT2D eigenvalue weighted by Crippen LogP contribution is -2.20. The molecule has 0 aliphatic heterocycles. The van der Waals surface area contributed by atoms with E-state index in [1.54, 1.807) is 6.08 Å². The molecule has 0 radical (unpaired) electrons. The van der Waals surface area contributed by atoms with Crippen molar-refractivity contribution in [3.8, 4) is 0 Å². The maximum atomic E-state index is 10.9. The number of ketones is 1. The van der Waals surface area contributed by atoms with Gasteiger partial charge in [0.15, 0.2) is 5.78 Å². The lowest BCUT2D eigenvalue weighted by Gasteiger charge is -2.04. The molecule has 58 valence electrons. The molecule has 2 heteroatoms. The Kier molecular flexibility index (Phi) is 3.96. The van der Waals surface area contributed by atoms with Crippen LogP contribution in [0.25, 0.3) is 0 Å². The molecular weight excluding hydrogens is 126 g/mol. The number of hydrogen-bond acceptors (Lipinski definition) is 2. The van der Waals surface area contributed by atoms with Crippen LogP contribution >= 0.6 is 0 Å². The van der Waals surface area contributed by atoms with Crippen LogP contribution in [0, 0.1) is 0 Å².